The van der Waals surface area contributed by atoms with E-state index in [-0.39, 0.29) is 0 Å². The third-order valence-electron chi connectivity index (χ3n) is 2.36. The van der Waals surface area contributed by atoms with Crippen LogP contribution in [0.5, 0.6) is 0 Å². The predicted molar refractivity (Wildman–Crippen MR) is 60.0 cm³/mol. The van der Waals surface area contributed by atoms with Crippen LogP contribution in [0.15, 0.2) is 34.9 Å². The number of nitrogens with zero attached hydrogens (tertiary/aromatic N) is 1. The molecule has 1 aromatic heterocycles. The van der Waals surface area contributed by atoms with Gasteiger partial charge >= 0.3 is 6.18 Å². The Balaban J connectivity index is 1.98. The zero-order chi connectivity index (χ0) is 13.2. The zero-order valence-electron chi connectivity index (χ0n) is 9.58. The molecule has 0 saturated carbocycles. The van der Waals surface area contributed by atoms with E-state index in [0.717, 1.165) is 12.1 Å². The molecule has 0 fully saturated rings. The summed E-state index contributed by atoms with van der Waals surface area (Å²) in [6.45, 7) is 2.18. The van der Waals surface area contributed by atoms with E-state index in [2.05, 4.69) is 10.5 Å². The lowest BCUT2D eigenvalue weighted by Gasteiger charge is -2.08. The molecular weight excluding hydrogens is 245 g/mol. The molecule has 0 spiro atoms. The van der Waals surface area contributed by atoms with Crippen molar-refractivity contribution in [3.05, 3.63) is 47.3 Å². The Labute approximate surface area is 102 Å². The Morgan fingerprint density at radius 1 is 1.22 bits per heavy atom. The highest BCUT2D eigenvalue weighted by atomic mass is 19.4. The predicted octanol–water partition coefficient (Wildman–Crippen LogP) is 3.61. The van der Waals surface area contributed by atoms with E-state index in [9.17, 15) is 13.2 Å². The van der Waals surface area contributed by atoms with Gasteiger partial charge in [0, 0.05) is 11.8 Å². The van der Waals surface area contributed by atoms with Crippen molar-refractivity contribution in [3.8, 4) is 0 Å². The maximum atomic E-state index is 12.3. The van der Waals surface area contributed by atoms with Crippen molar-refractivity contribution < 1.29 is 17.7 Å². The van der Waals surface area contributed by atoms with Gasteiger partial charge in [0.25, 0.3) is 0 Å². The average Bonchev–Trinajstić information content (AvgIpc) is 2.72. The van der Waals surface area contributed by atoms with Gasteiger partial charge in [-0.05, 0) is 31.2 Å². The lowest BCUT2D eigenvalue weighted by molar-refractivity contribution is -0.137. The van der Waals surface area contributed by atoms with Crippen LogP contribution in [-0.2, 0) is 12.7 Å². The van der Waals surface area contributed by atoms with Crippen LogP contribution in [0.1, 0.15) is 17.0 Å². The summed E-state index contributed by atoms with van der Waals surface area (Å²) in [7, 11) is 0. The van der Waals surface area contributed by atoms with Gasteiger partial charge in [-0.15, -0.1) is 0 Å². The molecule has 0 bridgehead atoms. The molecule has 1 N–H and O–H groups in total. The first-order valence-corrected chi connectivity index (χ1v) is 5.28. The molecule has 0 saturated heterocycles. The van der Waals surface area contributed by atoms with Gasteiger partial charge in [0.1, 0.15) is 11.5 Å². The van der Waals surface area contributed by atoms with Crippen molar-refractivity contribution in [2.24, 2.45) is 0 Å². The van der Waals surface area contributed by atoms with Crippen LogP contribution >= 0.6 is 0 Å². The van der Waals surface area contributed by atoms with Gasteiger partial charge in [0.2, 0.25) is 0 Å². The van der Waals surface area contributed by atoms with Crippen molar-refractivity contribution >= 4 is 5.69 Å². The highest BCUT2D eigenvalue weighted by Crippen LogP contribution is 2.29. The largest absolute Gasteiger partial charge is 0.416 e. The highest BCUT2D eigenvalue weighted by molar-refractivity contribution is 5.45. The molecule has 0 amide bonds. The second-order valence-electron chi connectivity index (χ2n) is 3.86. The van der Waals surface area contributed by atoms with Gasteiger partial charge in [-0.2, -0.15) is 13.2 Å². The SMILES string of the molecule is Cc1cc(CNc2ccc(C(F)(F)F)cc2)no1. The Hall–Kier alpha value is -1.98. The van der Waals surface area contributed by atoms with Crippen molar-refractivity contribution in [2.75, 3.05) is 5.32 Å². The molecule has 0 radical (unpaired) electrons. The van der Waals surface area contributed by atoms with Gasteiger partial charge in [0.15, 0.2) is 0 Å². The molecule has 3 nitrogen and oxygen atoms in total. The summed E-state index contributed by atoms with van der Waals surface area (Å²) in [5.74, 6) is 0.694. The summed E-state index contributed by atoms with van der Waals surface area (Å²) in [5.41, 5.74) is 0.640. The molecule has 0 atom stereocenters. The van der Waals surface area contributed by atoms with E-state index in [4.69, 9.17) is 4.52 Å². The third-order valence-corrected chi connectivity index (χ3v) is 2.36. The summed E-state index contributed by atoms with van der Waals surface area (Å²) >= 11 is 0. The second-order valence-corrected chi connectivity index (χ2v) is 3.86. The number of hydrogen-bond acceptors (Lipinski definition) is 3. The molecule has 2 aromatic rings. The molecule has 6 heteroatoms. The fraction of sp³-hybridized carbons (Fsp3) is 0.250. The van der Waals surface area contributed by atoms with Crippen LogP contribution in [-0.4, -0.2) is 5.16 Å². The number of anilines is 1. The van der Waals surface area contributed by atoms with Gasteiger partial charge < -0.3 is 9.84 Å². The quantitative estimate of drug-likeness (QED) is 0.911. The Morgan fingerprint density at radius 2 is 1.89 bits per heavy atom. The van der Waals surface area contributed by atoms with Crippen molar-refractivity contribution in [3.63, 3.8) is 0 Å². The first kappa shape index (κ1) is 12.5. The smallest absolute Gasteiger partial charge is 0.379 e. The van der Waals surface area contributed by atoms with Crippen LogP contribution in [0.4, 0.5) is 18.9 Å². The van der Waals surface area contributed by atoms with E-state index >= 15 is 0 Å². The zero-order valence-corrected chi connectivity index (χ0v) is 9.58. The normalized spacial score (nSPS) is 11.6. The standard InChI is InChI=1S/C12H11F3N2O/c1-8-6-11(17-18-8)7-16-10-4-2-9(3-5-10)12(13,14)15/h2-6,16H,7H2,1H3. The van der Waals surface area contributed by atoms with Crippen LogP contribution in [0.3, 0.4) is 0 Å². The first-order chi connectivity index (χ1) is 8.45. The summed E-state index contributed by atoms with van der Waals surface area (Å²) in [6.07, 6.45) is -4.30. The average molecular weight is 256 g/mol. The maximum absolute atomic E-state index is 12.3. The van der Waals surface area contributed by atoms with E-state index < -0.39 is 11.7 Å². The molecule has 1 aromatic carbocycles. The van der Waals surface area contributed by atoms with Gasteiger partial charge in [0.05, 0.1) is 12.1 Å². The molecule has 1 heterocycles. The van der Waals surface area contributed by atoms with Gasteiger partial charge in [-0.1, -0.05) is 5.16 Å². The van der Waals surface area contributed by atoms with Crippen LogP contribution in [0.25, 0.3) is 0 Å². The molecule has 18 heavy (non-hydrogen) atoms. The summed E-state index contributed by atoms with van der Waals surface area (Å²) in [5, 5.41) is 6.73. The molecule has 2 rings (SSSR count). The summed E-state index contributed by atoms with van der Waals surface area (Å²) in [4.78, 5) is 0. The van der Waals surface area contributed by atoms with Gasteiger partial charge in [-0.3, -0.25) is 0 Å². The summed E-state index contributed by atoms with van der Waals surface area (Å²) < 4.78 is 41.9. The lowest BCUT2D eigenvalue weighted by Crippen LogP contribution is -2.05. The Morgan fingerprint density at radius 3 is 2.39 bits per heavy atom. The number of benzene rings is 1. The minimum atomic E-state index is -4.30. The Bertz CT molecular complexity index is 517. The molecule has 0 aliphatic heterocycles. The highest BCUT2D eigenvalue weighted by Gasteiger charge is 2.29. The van der Waals surface area contributed by atoms with Crippen LogP contribution < -0.4 is 5.32 Å². The molecular formula is C12H11F3N2O. The first-order valence-electron chi connectivity index (χ1n) is 5.28. The van der Waals surface area contributed by atoms with Crippen molar-refractivity contribution in [1.29, 1.82) is 0 Å². The molecule has 0 aliphatic carbocycles. The van der Waals surface area contributed by atoms with Crippen LogP contribution in [0, 0.1) is 6.92 Å². The van der Waals surface area contributed by atoms with Crippen LogP contribution in [0.2, 0.25) is 0 Å². The van der Waals surface area contributed by atoms with Crippen molar-refractivity contribution in [2.45, 2.75) is 19.6 Å². The minimum absolute atomic E-state index is 0.405. The number of hydrogen-bond donors (Lipinski definition) is 1. The molecule has 0 unspecified atom stereocenters. The fourth-order valence-corrected chi connectivity index (χ4v) is 1.47. The number of rotatable bonds is 3. The Kier molecular flexibility index (Phi) is 3.27. The number of alkyl halides is 3. The number of aromatic nitrogens is 1. The lowest BCUT2D eigenvalue weighted by atomic mass is 10.2. The summed E-state index contributed by atoms with van der Waals surface area (Å²) in [6, 6.07) is 6.61. The molecule has 0 aliphatic rings. The minimum Gasteiger partial charge on any atom is -0.379 e. The second kappa shape index (κ2) is 4.72. The van der Waals surface area contributed by atoms with E-state index in [1.54, 1.807) is 13.0 Å². The fourth-order valence-electron chi connectivity index (χ4n) is 1.47. The number of aryl methyl sites for hydroxylation is 1. The maximum Gasteiger partial charge on any atom is 0.416 e. The van der Waals surface area contributed by atoms with Crippen molar-refractivity contribution in [1.82, 2.24) is 5.16 Å². The topological polar surface area (TPSA) is 38.1 Å². The van der Waals surface area contributed by atoms with Gasteiger partial charge in [-0.25, -0.2) is 0 Å². The number of nitrogens with one attached hydrogen (secondary N) is 1. The van der Waals surface area contributed by atoms with E-state index in [1.807, 2.05) is 0 Å². The monoisotopic (exact) mass is 256 g/mol. The van der Waals surface area contributed by atoms with E-state index in [0.29, 0.717) is 23.7 Å². The third kappa shape index (κ3) is 3.03. The van der Waals surface area contributed by atoms with E-state index in [1.165, 1.54) is 12.1 Å². The number of halogens is 3. The molecule has 96 valence electrons.